The molecule has 2 aromatic rings. The molecule has 0 aliphatic carbocycles. The molecule has 1 fully saturated rings. The van der Waals surface area contributed by atoms with Crippen molar-refractivity contribution in [2.24, 2.45) is 5.41 Å². The molecule has 1 aliphatic rings. The minimum absolute atomic E-state index is 0.0240. The van der Waals surface area contributed by atoms with Gasteiger partial charge in [-0.15, -0.1) is 0 Å². The second kappa shape index (κ2) is 6.46. The molecule has 0 radical (unpaired) electrons. The van der Waals surface area contributed by atoms with Gasteiger partial charge in [0.15, 0.2) is 0 Å². The van der Waals surface area contributed by atoms with Crippen LogP contribution in [0.15, 0.2) is 24.8 Å². The number of carbonyl (C=O) groups is 1. The smallest absolute Gasteiger partial charge is 0.234 e. The Morgan fingerprint density at radius 1 is 1.38 bits per heavy atom. The Morgan fingerprint density at radius 2 is 2.21 bits per heavy atom. The van der Waals surface area contributed by atoms with Crippen LogP contribution in [-0.4, -0.2) is 53.0 Å². The van der Waals surface area contributed by atoms with Gasteiger partial charge in [0.1, 0.15) is 18.0 Å². The second-order valence-corrected chi connectivity index (χ2v) is 6.61. The maximum absolute atomic E-state index is 12.7. The Morgan fingerprint density at radius 3 is 2.92 bits per heavy atom. The van der Waals surface area contributed by atoms with Gasteiger partial charge in [-0.2, -0.15) is 0 Å². The fraction of sp³-hybridized carbons (Fsp3) is 0.500. The zero-order valence-electron chi connectivity index (χ0n) is 14.3. The first kappa shape index (κ1) is 16.2. The number of nitrogens with zero attached hydrogens (tertiary/aromatic N) is 5. The third-order valence-electron chi connectivity index (χ3n) is 4.40. The van der Waals surface area contributed by atoms with Gasteiger partial charge in [0.25, 0.3) is 0 Å². The summed E-state index contributed by atoms with van der Waals surface area (Å²) in [5, 5.41) is 2.86. The summed E-state index contributed by atoms with van der Waals surface area (Å²) < 4.78 is 0. The molecule has 3 heterocycles. The summed E-state index contributed by atoms with van der Waals surface area (Å²) in [4.78, 5) is 32.4. The minimum Gasteiger partial charge on any atom is -0.363 e. The molecule has 2 aromatic heterocycles. The maximum atomic E-state index is 12.7. The van der Waals surface area contributed by atoms with E-state index < -0.39 is 5.41 Å². The third kappa shape index (κ3) is 3.32. The summed E-state index contributed by atoms with van der Waals surface area (Å²) in [5.74, 6) is 2.16. The van der Waals surface area contributed by atoms with Gasteiger partial charge in [-0.3, -0.25) is 10.1 Å². The van der Waals surface area contributed by atoms with Crippen molar-refractivity contribution in [2.45, 2.75) is 19.8 Å². The average molecular weight is 329 g/mol. The lowest BCUT2D eigenvalue weighted by Crippen LogP contribution is -2.48. The molecule has 1 aliphatic heterocycles. The molecule has 1 atom stereocenters. The van der Waals surface area contributed by atoms with Crippen LogP contribution in [0.5, 0.6) is 0 Å². The Hall–Kier alpha value is -2.64. The van der Waals surface area contributed by atoms with E-state index >= 15 is 0 Å². The van der Waals surface area contributed by atoms with Gasteiger partial charge in [-0.25, -0.2) is 15.0 Å². The first-order chi connectivity index (χ1) is 11.5. The number of hydrogen-bond donors (Lipinski definition) is 2. The number of carbonyl (C=O) groups excluding carboxylic acids is 1. The number of nitrogens with one attached hydrogen (secondary N) is 2. The molecule has 0 spiro atoms. The quantitative estimate of drug-likeness (QED) is 0.884. The summed E-state index contributed by atoms with van der Waals surface area (Å²) in [5.41, 5.74) is -0.492. The predicted octanol–water partition coefficient (Wildman–Crippen LogP) is 1.51. The minimum atomic E-state index is -0.492. The van der Waals surface area contributed by atoms with E-state index in [9.17, 15) is 4.79 Å². The fourth-order valence-electron chi connectivity index (χ4n) is 2.97. The molecule has 1 unspecified atom stereocenters. The molecule has 128 valence electrons. The number of imidazole rings is 1. The molecule has 1 saturated heterocycles. The monoisotopic (exact) mass is 329 g/mol. The van der Waals surface area contributed by atoms with Crippen LogP contribution in [0.25, 0.3) is 0 Å². The van der Waals surface area contributed by atoms with Crippen LogP contribution < -0.4 is 15.1 Å². The molecular formula is C16H23N7O. The van der Waals surface area contributed by atoms with Crippen LogP contribution >= 0.6 is 0 Å². The van der Waals surface area contributed by atoms with Crippen molar-refractivity contribution in [1.29, 1.82) is 0 Å². The van der Waals surface area contributed by atoms with Crippen LogP contribution in [0.1, 0.15) is 19.8 Å². The summed E-state index contributed by atoms with van der Waals surface area (Å²) >= 11 is 0. The van der Waals surface area contributed by atoms with E-state index in [1.165, 1.54) is 0 Å². The van der Waals surface area contributed by atoms with Gasteiger partial charge in [0.2, 0.25) is 11.9 Å². The Labute approximate surface area is 141 Å². The van der Waals surface area contributed by atoms with Gasteiger partial charge in [0, 0.05) is 45.6 Å². The van der Waals surface area contributed by atoms with Crippen molar-refractivity contribution in [2.75, 3.05) is 42.3 Å². The summed E-state index contributed by atoms with van der Waals surface area (Å²) in [6, 6.07) is 1.95. The van der Waals surface area contributed by atoms with Gasteiger partial charge in [-0.1, -0.05) is 0 Å². The highest BCUT2D eigenvalue weighted by molar-refractivity contribution is 5.94. The van der Waals surface area contributed by atoms with Crippen molar-refractivity contribution in [3.8, 4) is 0 Å². The Bertz CT molecular complexity index is 700. The normalized spacial score (nSPS) is 20.7. The zero-order chi connectivity index (χ0) is 17.2. The molecule has 2 N–H and O–H groups in total. The number of hydrogen-bond acceptors (Lipinski definition) is 6. The standard InChI is InChI=1S/C16H23N7O/c1-16(14(24)21-15-17-6-7-18-15)5-4-8-23(10-16)13-9-12(22(2)3)19-11-20-13/h6-7,9,11H,4-5,8,10H2,1-3H3,(H2,17,18,21,24). The lowest BCUT2D eigenvalue weighted by molar-refractivity contribution is -0.125. The van der Waals surface area contributed by atoms with Crippen molar-refractivity contribution < 1.29 is 4.79 Å². The number of aromatic amines is 1. The highest BCUT2D eigenvalue weighted by atomic mass is 16.2. The van der Waals surface area contributed by atoms with Gasteiger partial charge in [-0.05, 0) is 19.8 Å². The number of amides is 1. The van der Waals surface area contributed by atoms with Gasteiger partial charge < -0.3 is 14.8 Å². The first-order valence-corrected chi connectivity index (χ1v) is 8.03. The van der Waals surface area contributed by atoms with E-state index in [0.29, 0.717) is 12.5 Å². The van der Waals surface area contributed by atoms with Crippen LogP contribution in [0.3, 0.4) is 0 Å². The lowest BCUT2D eigenvalue weighted by Gasteiger charge is -2.39. The van der Waals surface area contributed by atoms with Crippen molar-refractivity contribution in [3.63, 3.8) is 0 Å². The average Bonchev–Trinajstić information content (AvgIpc) is 3.08. The number of H-pyrrole nitrogens is 1. The van der Waals surface area contributed by atoms with E-state index in [2.05, 4.69) is 30.2 Å². The molecular weight excluding hydrogens is 306 g/mol. The highest BCUT2D eigenvalue weighted by Crippen LogP contribution is 2.33. The summed E-state index contributed by atoms with van der Waals surface area (Å²) in [6.45, 7) is 3.49. The largest absolute Gasteiger partial charge is 0.363 e. The Kier molecular flexibility index (Phi) is 4.37. The molecule has 24 heavy (non-hydrogen) atoms. The van der Waals surface area contributed by atoms with Crippen LogP contribution in [0.2, 0.25) is 0 Å². The molecule has 1 amide bonds. The third-order valence-corrected chi connectivity index (χ3v) is 4.40. The van der Waals surface area contributed by atoms with E-state index in [1.54, 1.807) is 18.7 Å². The van der Waals surface area contributed by atoms with E-state index in [-0.39, 0.29) is 5.91 Å². The Balaban J connectivity index is 1.75. The van der Waals surface area contributed by atoms with Gasteiger partial charge >= 0.3 is 0 Å². The molecule has 0 aromatic carbocycles. The molecule has 0 bridgehead atoms. The molecule has 8 heteroatoms. The van der Waals surface area contributed by atoms with E-state index in [1.807, 2.05) is 32.0 Å². The van der Waals surface area contributed by atoms with Crippen LogP contribution in [0, 0.1) is 5.41 Å². The predicted molar refractivity (Wildman–Crippen MR) is 93.1 cm³/mol. The van der Waals surface area contributed by atoms with Crippen LogP contribution in [-0.2, 0) is 4.79 Å². The number of rotatable bonds is 4. The van der Waals surface area contributed by atoms with Gasteiger partial charge in [0.05, 0.1) is 5.41 Å². The lowest BCUT2D eigenvalue weighted by atomic mass is 9.81. The fourth-order valence-corrected chi connectivity index (χ4v) is 2.97. The van der Waals surface area contributed by atoms with Crippen molar-refractivity contribution in [3.05, 3.63) is 24.8 Å². The summed E-state index contributed by atoms with van der Waals surface area (Å²) in [7, 11) is 3.90. The number of piperidine rings is 1. The van der Waals surface area contributed by atoms with Crippen LogP contribution in [0.4, 0.5) is 17.6 Å². The SMILES string of the molecule is CN(C)c1cc(N2CCCC(C)(C(=O)Nc3ncc[nH]3)C2)ncn1. The molecule has 0 saturated carbocycles. The number of anilines is 3. The van der Waals surface area contributed by atoms with E-state index in [4.69, 9.17) is 0 Å². The van der Waals surface area contributed by atoms with Crippen molar-refractivity contribution in [1.82, 2.24) is 19.9 Å². The van der Waals surface area contributed by atoms with Crippen molar-refractivity contribution >= 4 is 23.5 Å². The zero-order valence-corrected chi connectivity index (χ0v) is 14.3. The first-order valence-electron chi connectivity index (χ1n) is 8.03. The van der Waals surface area contributed by atoms with E-state index in [0.717, 1.165) is 31.0 Å². The molecule has 3 rings (SSSR count). The molecule has 8 nitrogen and oxygen atoms in total. The second-order valence-electron chi connectivity index (χ2n) is 6.61. The highest BCUT2D eigenvalue weighted by Gasteiger charge is 2.38. The maximum Gasteiger partial charge on any atom is 0.234 e. The number of aromatic nitrogens is 4. The summed E-state index contributed by atoms with van der Waals surface area (Å²) in [6.07, 6.45) is 6.65. The topological polar surface area (TPSA) is 90.0 Å².